The Morgan fingerprint density at radius 3 is 2.33 bits per heavy atom. The molecule has 5 nitrogen and oxygen atoms in total. The first-order chi connectivity index (χ1) is 12.9. The van der Waals surface area contributed by atoms with E-state index < -0.39 is 0 Å². The molecule has 3 aromatic rings. The molecule has 27 heavy (non-hydrogen) atoms. The van der Waals surface area contributed by atoms with Crippen molar-refractivity contribution in [2.45, 2.75) is 27.3 Å². The van der Waals surface area contributed by atoms with Crippen molar-refractivity contribution >= 4 is 29.1 Å². The van der Waals surface area contributed by atoms with Gasteiger partial charge in [-0.05, 0) is 55.7 Å². The van der Waals surface area contributed by atoms with Crippen LogP contribution >= 0.6 is 11.6 Å². The third-order valence-electron chi connectivity index (χ3n) is 4.17. The van der Waals surface area contributed by atoms with E-state index in [1.165, 1.54) is 0 Å². The summed E-state index contributed by atoms with van der Waals surface area (Å²) < 4.78 is 0. The molecule has 1 aromatic heterocycles. The van der Waals surface area contributed by atoms with Crippen molar-refractivity contribution in [1.82, 2.24) is 15.3 Å². The first-order valence-corrected chi connectivity index (χ1v) is 9.02. The largest absolute Gasteiger partial charge is 0.347 e. The van der Waals surface area contributed by atoms with Crippen LogP contribution in [0.15, 0.2) is 48.5 Å². The van der Waals surface area contributed by atoms with Crippen molar-refractivity contribution in [3.63, 3.8) is 0 Å². The number of nitrogens with one attached hydrogen (secondary N) is 2. The number of carbonyl (C=O) groups excluding carboxylic acids is 1. The summed E-state index contributed by atoms with van der Waals surface area (Å²) >= 11 is 5.88. The predicted octanol–water partition coefficient (Wildman–Crippen LogP) is 4.73. The van der Waals surface area contributed by atoms with E-state index in [0.717, 1.165) is 28.1 Å². The maximum Gasteiger partial charge on any atom is 0.270 e. The maximum atomic E-state index is 12.5. The fraction of sp³-hybridized carbons (Fsp3) is 0.190. The number of rotatable bonds is 5. The highest BCUT2D eigenvalue weighted by molar-refractivity contribution is 6.30. The second-order valence-electron chi connectivity index (χ2n) is 6.42. The van der Waals surface area contributed by atoms with Gasteiger partial charge >= 0.3 is 0 Å². The zero-order chi connectivity index (χ0) is 19.4. The average Bonchev–Trinajstić information content (AvgIpc) is 2.64. The summed E-state index contributed by atoms with van der Waals surface area (Å²) in [4.78, 5) is 21.3. The zero-order valence-electron chi connectivity index (χ0n) is 15.5. The Hall–Kier alpha value is -2.92. The van der Waals surface area contributed by atoms with Gasteiger partial charge in [-0.2, -0.15) is 0 Å². The monoisotopic (exact) mass is 380 g/mol. The van der Waals surface area contributed by atoms with Crippen molar-refractivity contribution in [3.8, 4) is 0 Å². The SMILES string of the molecule is Cc1cc(C(=O)NCc2ccc(Cl)cc2)nc(Nc2c(C)cccc2C)n1. The molecule has 0 spiro atoms. The van der Waals surface area contributed by atoms with E-state index in [1.807, 2.05) is 51.1 Å². The van der Waals surface area contributed by atoms with Crippen LogP contribution in [0.2, 0.25) is 5.02 Å². The molecular weight excluding hydrogens is 360 g/mol. The molecule has 0 aliphatic rings. The van der Waals surface area contributed by atoms with Gasteiger partial charge in [0.2, 0.25) is 5.95 Å². The Bertz CT molecular complexity index is 950. The first-order valence-electron chi connectivity index (χ1n) is 8.64. The summed E-state index contributed by atoms with van der Waals surface area (Å²) in [7, 11) is 0. The van der Waals surface area contributed by atoms with Gasteiger partial charge in [-0.3, -0.25) is 4.79 Å². The molecule has 2 aromatic carbocycles. The minimum Gasteiger partial charge on any atom is -0.347 e. The number of carbonyl (C=O) groups is 1. The molecule has 0 aliphatic heterocycles. The number of nitrogens with zero attached hydrogens (tertiary/aromatic N) is 2. The molecule has 6 heteroatoms. The Labute approximate surface area is 163 Å². The van der Waals surface area contributed by atoms with Crippen LogP contribution in [0.3, 0.4) is 0 Å². The number of hydrogen-bond acceptors (Lipinski definition) is 4. The summed E-state index contributed by atoms with van der Waals surface area (Å²) in [5.74, 6) is 0.157. The molecular formula is C21H21ClN4O. The molecule has 0 unspecified atom stereocenters. The minimum atomic E-state index is -0.250. The molecule has 2 N–H and O–H groups in total. The lowest BCUT2D eigenvalue weighted by Crippen LogP contribution is -2.24. The van der Waals surface area contributed by atoms with Gasteiger partial charge in [0, 0.05) is 22.9 Å². The second-order valence-corrected chi connectivity index (χ2v) is 6.86. The minimum absolute atomic E-state index is 0.250. The lowest BCUT2D eigenvalue weighted by molar-refractivity contribution is 0.0945. The van der Waals surface area contributed by atoms with Gasteiger partial charge in [0.25, 0.3) is 5.91 Å². The number of amides is 1. The zero-order valence-corrected chi connectivity index (χ0v) is 16.3. The van der Waals surface area contributed by atoms with Crippen LogP contribution in [0.1, 0.15) is 32.9 Å². The number of para-hydroxylation sites is 1. The number of anilines is 2. The fourth-order valence-electron chi connectivity index (χ4n) is 2.74. The Kier molecular flexibility index (Phi) is 5.72. The summed E-state index contributed by atoms with van der Waals surface area (Å²) in [6.45, 7) is 6.28. The number of halogens is 1. The van der Waals surface area contributed by atoms with E-state index in [0.29, 0.717) is 23.2 Å². The van der Waals surface area contributed by atoms with Gasteiger partial charge in [0.15, 0.2) is 0 Å². The van der Waals surface area contributed by atoms with E-state index in [1.54, 1.807) is 18.2 Å². The van der Waals surface area contributed by atoms with Crippen LogP contribution in [-0.2, 0) is 6.54 Å². The number of aromatic nitrogens is 2. The molecule has 0 aliphatic carbocycles. The van der Waals surface area contributed by atoms with Crippen molar-refractivity contribution in [1.29, 1.82) is 0 Å². The lowest BCUT2D eigenvalue weighted by Gasteiger charge is -2.13. The summed E-state index contributed by atoms with van der Waals surface area (Å²) in [5.41, 5.74) is 5.14. The Morgan fingerprint density at radius 2 is 1.67 bits per heavy atom. The van der Waals surface area contributed by atoms with Gasteiger partial charge in [-0.1, -0.05) is 41.9 Å². The smallest absolute Gasteiger partial charge is 0.270 e. The average molecular weight is 381 g/mol. The molecule has 1 amide bonds. The van der Waals surface area contributed by atoms with Crippen molar-refractivity contribution in [3.05, 3.63) is 81.6 Å². The van der Waals surface area contributed by atoms with E-state index in [2.05, 4.69) is 20.6 Å². The highest BCUT2D eigenvalue weighted by atomic mass is 35.5. The Morgan fingerprint density at radius 1 is 1.00 bits per heavy atom. The van der Waals surface area contributed by atoms with Crippen LogP contribution in [0, 0.1) is 20.8 Å². The Balaban J connectivity index is 1.76. The van der Waals surface area contributed by atoms with Gasteiger partial charge < -0.3 is 10.6 Å². The molecule has 0 saturated carbocycles. The van der Waals surface area contributed by atoms with Crippen LogP contribution in [0.5, 0.6) is 0 Å². The molecule has 0 fully saturated rings. The highest BCUT2D eigenvalue weighted by Gasteiger charge is 2.12. The van der Waals surface area contributed by atoms with E-state index in [-0.39, 0.29) is 5.91 Å². The van der Waals surface area contributed by atoms with Crippen LogP contribution < -0.4 is 10.6 Å². The van der Waals surface area contributed by atoms with Crippen LogP contribution in [-0.4, -0.2) is 15.9 Å². The fourth-order valence-corrected chi connectivity index (χ4v) is 2.87. The quantitative estimate of drug-likeness (QED) is 0.671. The van der Waals surface area contributed by atoms with Crippen molar-refractivity contribution < 1.29 is 4.79 Å². The van der Waals surface area contributed by atoms with Crippen LogP contribution in [0.4, 0.5) is 11.6 Å². The topological polar surface area (TPSA) is 66.9 Å². The van der Waals surface area contributed by atoms with Gasteiger partial charge in [0.05, 0.1) is 0 Å². The number of benzene rings is 2. The van der Waals surface area contributed by atoms with Crippen molar-refractivity contribution in [2.75, 3.05) is 5.32 Å². The number of hydrogen-bond donors (Lipinski definition) is 2. The van der Waals surface area contributed by atoms with Crippen molar-refractivity contribution in [2.24, 2.45) is 0 Å². The first kappa shape index (κ1) is 18.9. The summed E-state index contributed by atoms with van der Waals surface area (Å²) in [6.07, 6.45) is 0. The summed E-state index contributed by atoms with van der Waals surface area (Å²) in [6, 6.07) is 15.1. The van der Waals surface area contributed by atoms with E-state index in [4.69, 9.17) is 11.6 Å². The molecule has 138 valence electrons. The third-order valence-corrected chi connectivity index (χ3v) is 4.42. The third kappa shape index (κ3) is 4.83. The molecule has 0 radical (unpaired) electrons. The van der Waals surface area contributed by atoms with Crippen LogP contribution in [0.25, 0.3) is 0 Å². The maximum absolute atomic E-state index is 12.5. The van der Waals surface area contributed by atoms with Gasteiger partial charge in [-0.15, -0.1) is 0 Å². The molecule has 0 saturated heterocycles. The molecule has 0 atom stereocenters. The predicted molar refractivity (Wildman–Crippen MR) is 109 cm³/mol. The number of aryl methyl sites for hydroxylation is 3. The highest BCUT2D eigenvalue weighted by Crippen LogP contribution is 2.22. The summed E-state index contributed by atoms with van der Waals surface area (Å²) in [5, 5.41) is 6.78. The molecule has 0 bridgehead atoms. The lowest BCUT2D eigenvalue weighted by atomic mass is 10.1. The molecule has 1 heterocycles. The van der Waals surface area contributed by atoms with E-state index in [9.17, 15) is 4.79 Å². The molecule has 3 rings (SSSR count). The van der Waals surface area contributed by atoms with E-state index >= 15 is 0 Å². The normalized spacial score (nSPS) is 10.5. The second kappa shape index (κ2) is 8.18. The standard InChI is InChI=1S/C21H21ClN4O/c1-13-5-4-6-14(2)19(13)26-21-24-15(3)11-18(25-21)20(27)23-12-16-7-9-17(22)10-8-16/h4-11H,12H2,1-3H3,(H,23,27)(H,24,25,26). The van der Waals surface area contributed by atoms with Gasteiger partial charge in [-0.25, -0.2) is 9.97 Å². The van der Waals surface area contributed by atoms with Gasteiger partial charge in [0.1, 0.15) is 5.69 Å².